The standard InChI is InChI=1S/C24H26N6O6/c1-4-35-19-12-16(10-11-18(19)36-14-20(25)31)13-26-28-23(33)22(32)27-21-15(2)29(3)30(24(21)34)17-8-6-5-7-9-17/h5-13H,4,14H2,1-3H3,(H2,25,31)(H,27,32)(H,28,33). The minimum atomic E-state index is -1.06. The molecule has 0 atom stereocenters. The zero-order chi connectivity index (χ0) is 26.2. The van der Waals surface area contributed by atoms with Crippen LogP contribution in [0.5, 0.6) is 11.5 Å². The maximum Gasteiger partial charge on any atom is 0.329 e. The summed E-state index contributed by atoms with van der Waals surface area (Å²) in [6, 6.07) is 13.6. The van der Waals surface area contributed by atoms with E-state index < -0.39 is 23.3 Å². The molecule has 3 amide bonds. The first kappa shape index (κ1) is 25.7. The molecule has 188 valence electrons. The van der Waals surface area contributed by atoms with Gasteiger partial charge < -0.3 is 20.5 Å². The number of nitrogens with zero attached hydrogens (tertiary/aromatic N) is 3. The molecular formula is C24H26N6O6. The summed E-state index contributed by atoms with van der Waals surface area (Å²) in [6.45, 7) is 3.46. The van der Waals surface area contributed by atoms with Crippen LogP contribution in [0.25, 0.3) is 5.69 Å². The van der Waals surface area contributed by atoms with Crippen LogP contribution in [-0.2, 0) is 21.4 Å². The fraction of sp³-hybridized carbons (Fsp3) is 0.208. The van der Waals surface area contributed by atoms with Crippen molar-refractivity contribution in [2.24, 2.45) is 17.9 Å². The van der Waals surface area contributed by atoms with Crippen LogP contribution in [0.2, 0.25) is 0 Å². The van der Waals surface area contributed by atoms with Crippen molar-refractivity contribution < 1.29 is 23.9 Å². The summed E-state index contributed by atoms with van der Waals surface area (Å²) in [5.74, 6) is -2.08. The predicted molar refractivity (Wildman–Crippen MR) is 132 cm³/mol. The summed E-state index contributed by atoms with van der Waals surface area (Å²) in [5.41, 5.74) is 8.32. The molecule has 0 bridgehead atoms. The van der Waals surface area contributed by atoms with Gasteiger partial charge in [-0.05, 0) is 49.7 Å². The number of benzene rings is 2. The molecule has 0 saturated heterocycles. The van der Waals surface area contributed by atoms with Gasteiger partial charge in [-0.1, -0.05) is 18.2 Å². The molecule has 1 heterocycles. The second-order valence-electron chi connectivity index (χ2n) is 7.48. The highest BCUT2D eigenvalue weighted by Gasteiger charge is 2.21. The molecule has 0 radical (unpaired) electrons. The van der Waals surface area contributed by atoms with Crippen molar-refractivity contribution in [3.8, 4) is 17.2 Å². The Morgan fingerprint density at radius 1 is 1.06 bits per heavy atom. The zero-order valence-corrected chi connectivity index (χ0v) is 20.0. The first-order valence-corrected chi connectivity index (χ1v) is 10.9. The van der Waals surface area contributed by atoms with Gasteiger partial charge in [-0.25, -0.2) is 10.1 Å². The van der Waals surface area contributed by atoms with Gasteiger partial charge in [0.15, 0.2) is 18.1 Å². The minimum Gasteiger partial charge on any atom is -0.490 e. The van der Waals surface area contributed by atoms with Crippen LogP contribution in [0, 0.1) is 6.92 Å². The first-order valence-electron chi connectivity index (χ1n) is 10.9. The smallest absolute Gasteiger partial charge is 0.329 e. The van der Waals surface area contributed by atoms with E-state index in [0.29, 0.717) is 35.1 Å². The summed E-state index contributed by atoms with van der Waals surface area (Å²) in [7, 11) is 1.67. The van der Waals surface area contributed by atoms with E-state index in [1.807, 2.05) is 6.07 Å². The van der Waals surface area contributed by atoms with E-state index in [4.69, 9.17) is 15.2 Å². The highest BCUT2D eigenvalue weighted by Crippen LogP contribution is 2.28. The Kier molecular flexibility index (Phi) is 8.23. The number of carbonyl (C=O) groups excluding carboxylic acids is 3. The molecule has 0 spiro atoms. The van der Waals surface area contributed by atoms with Gasteiger partial charge in [0.25, 0.3) is 11.5 Å². The fourth-order valence-corrected chi connectivity index (χ4v) is 3.24. The summed E-state index contributed by atoms with van der Waals surface area (Å²) in [4.78, 5) is 48.5. The van der Waals surface area contributed by atoms with Crippen LogP contribution in [0.1, 0.15) is 18.2 Å². The molecule has 0 unspecified atom stereocenters. The normalized spacial score (nSPS) is 10.8. The molecule has 0 aliphatic rings. The summed E-state index contributed by atoms with van der Waals surface area (Å²) < 4.78 is 13.7. The zero-order valence-electron chi connectivity index (χ0n) is 20.0. The van der Waals surface area contributed by atoms with Crippen LogP contribution in [0.15, 0.2) is 58.4 Å². The number of anilines is 1. The Balaban J connectivity index is 1.68. The number of nitrogens with one attached hydrogen (secondary N) is 2. The lowest BCUT2D eigenvalue weighted by atomic mass is 10.2. The third-order valence-corrected chi connectivity index (χ3v) is 5.02. The van der Waals surface area contributed by atoms with Gasteiger partial charge in [0.05, 0.1) is 24.2 Å². The van der Waals surface area contributed by atoms with E-state index >= 15 is 0 Å². The number of nitrogens with two attached hydrogens (primary N) is 1. The number of primary amides is 1. The van der Waals surface area contributed by atoms with E-state index in [-0.39, 0.29) is 12.3 Å². The molecule has 3 aromatic rings. The monoisotopic (exact) mass is 494 g/mol. The number of para-hydroxylation sites is 1. The van der Waals surface area contributed by atoms with Gasteiger partial charge in [-0.2, -0.15) is 5.10 Å². The van der Waals surface area contributed by atoms with E-state index in [1.165, 1.54) is 10.9 Å². The SMILES string of the molecule is CCOc1cc(C=NNC(=O)C(=O)Nc2c(C)n(C)n(-c3ccccc3)c2=O)ccc1OCC(N)=O. The topological polar surface area (TPSA) is 159 Å². The van der Waals surface area contributed by atoms with Crippen molar-refractivity contribution in [1.82, 2.24) is 14.8 Å². The predicted octanol–water partition coefficient (Wildman–Crippen LogP) is 0.836. The van der Waals surface area contributed by atoms with Gasteiger partial charge in [0.2, 0.25) is 0 Å². The average molecular weight is 495 g/mol. The van der Waals surface area contributed by atoms with Crippen molar-refractivity contribution in [2.75, 3.05) is 18.5 Å². The molecule has 0 aliphatic carbocycles. The molecule has 36 heavy (non-hydrogen) atoms. The van der Waals surface area contributed by atoms with Gasteiger partial charge in [-0.15, -0.1) is 0 Å². The summed E-state index contributed by atoms with van der Waals surface area (Å²) in [6.07, 6.45) is 1.29. The lowest BCUT2D eigenvalue weighted by Crippen LogP contribution is -2.34. The number of carbonyl (C=O) groups is 3. The molecule has 2 aromatic carbocycles. The second kappa shape index (κ2) is 11.5. The molecule has 12 nitrogen and oxygen atoms in total. The third kappa shape index (κ3) is 5.97. The van der Waals surface area contributed by atoms with Crippen molar-refractivity contribution in [3.05, 3.63) is 70.1 Å². The molecular weight excluding hydrogens is 468 g/mol. The number of aromatic nitrogens is 2. The van der Waals surface area contributed by atoms with E-state index in [0.717, 1.165) is 0 Å². The number of amides is 3. The van der Waals surface area contributed by atoms with Gasteiger partial charge >= 0.3 is 11.8 Å². The Morgan fingerprint density at radius 3 is 2.44 bits per heavy atom. The molecule has 0 aliphatic heterocycles. The van der Waals surface area contributed by atoms with Gasteiger partial charge in [0.1, 0.15) is 5.69 Å². The molecule has 3 rings (SSSR count). The maximum absolute atomic E-state index is 12.9. The number of rotatable bonds is 9. The number of ether oxygens (including phenoxy) is 2. The molecule has 12 heteroatoms. The van der Waals surface area contributed by atoms with Crippen molar-refractivity contribution in [1.29, 1.82) is 0 Å². The summed E-state index contributed by atoms with van der Waals surface area (Å²) >= 11 is 0. The maximum atomic E-state index is 12.9. The third-order valence-electron chi connectivity index (χ3n) is 5.02. The van der Waals surface area contributed by atoms with Gasteiger partial charge in [-0.3, -0.25) is 23.9 Å². The van der Waals surface area contributed by atoms with Crippen molar-refractivity contribution >= 4 is 29.6 Å². The first-order chi connectivity index (χ1) is 17.2. The van der Waals surface area contributed by atoms with E-state index in [1.54, 1.807) is 68.0 Å². The van der Waals surface area contributed by atoms with Crippen LogP contribution in [-0.4, -0.2) is 46.5 Å². The Labute approximate surface area is 206 Å². The minimum absolute atomic E-state index is 0.0154. The number of hydrogen-bond acceptors (Lipinski definition) is 7. The van der Waals surface area contributed by atoms with Crippen molar-refractivity contribution in [3.63, 3.8) is 0 Å². The van der Waals surface area contributed by atoms with Crippen LogP contribution >= 0.6 is 0 Å². The van der Waals surface area contributed by atoms with Crippen LogP contribution in [0.4, 0.5) is 5.69 Å². The van der Waals surface area contributed by atoms with Gasteiger partial charge in [0, 0.05) is 7.05 Å². The van der Waals surface area contributed by atoms with Crippen molar-refractivity contribution in [2.45, 2.75) is 13.8 Å². The fourth-order valence-electron chi connectivity index (χ4n) is 3.24. The Morgan fingerprint density at radius 2 is 1.78 bits per heavy atom. The molecule has 4 N–H and O–H groups in total. The highest BCUT2D eigenvalue weighted by atomic mass is 16.5. The Bertz CT molecular complexity index is 1360. The number of hydrazone groups is 1. The highest BCUT2D eigenvalue weighted by molar-refractivity contribution is 6.39. The average Bonchev–Trinajstić information content (AvgIpc) is 3.07. The molecule has 1 aromatic heterocycles. The summed E-state index contributed by atoms with van der Waals surface area (Å²) in [5, 5.41) is 6.14. The molecule has 0 fully saturated rings. The second-order valence-corrected chi connectivity index (χ2v) is 7.48. The largest absolute Gasteiger partial charge is 0.490 e. The number of hydrogen-bond donors (Lipinski definition) is 3. The Hall–Kier alpha value is -4.87. The van der Waals surface area contributed by atoms with Crippen LogP contribution < -0.4 is 31.5 Å². The lowest BCUT2D eigenvalue weighted by molar-refractivity contribution is -0.136. The quantitative estimate of drug-likeness (QED) is 0.227. The van der Waals surface area contributed by atoms with E-state index in [9.17, 15) is 19.2 Å². The van der Waals surface area contributed by atoms with E-state index in [2.05, 4.69) is 15.8 Å². The van der Waals surface area contributed by atoms with Crippen LogP contribution in [0.3, 0.4) is 0 Å². The lowest BCUT2D eigenvalue weighted by Gasteiger charge is -2.11. The molecule has 0 saturated carbocycles.